The van der Waals surface area contributed by atoms with Crippen molar-refractivity contribution in [2.75, 3.05) is 26.2 Å². The van der Waals surface area contributed by atoms with Crippen molar-refractivity contribution < 1.29 is 0 Å². The molecule has 4 N–H and O–H groups in total. The van der Waals surface area contributed by atoms with E-state index >= 15 is 0 Å². The lowest BCUT2D eigenvalue weighted by atomic mass is 10.1. The Morgan fingerprint density at radius 2 is 1.67 bits per heavy atom. The highest BCUT2D eigenvalue weighted by molar-refractivity contribution is 4.81. The van der Waals surface area contributed by atoms with Crippen molar-refractivity contribution in [1.82, 2.24) is 4.90 Å². The zero-order chi connectivity index (χ0) is 11.1. The third-order valence-electron chi connectivity index (χ3n) is 3.48. The van der Waals surface area contributed by atoms with Gasteiger partial charge >= 0.3 is 0 Å². The molecule has 1 rings (SSSR count). The summed E-state index contributed by atoms with van der Waals surface area (Å²) in [6, 6.07) is 0.804. The summed E-state index contributed by atoms with van der Waals surface area (Å²) >= 11 is 0. The Balaban J connectivity index is 2.32. The van der Waals surface area contributed by atoms with E-state index in [4.69, 9.17) is 11.5 Å². The number of rotatable bonds is 7. The Bertz CT molecular complexity index is 153. The van der Waals surface area contributed by atoms with Crippen molar-refractivity contribution in [3.05, 3.63) is 0 Å². The first-order valence-corrected chi connectivity index (χ1v) is 6.42. The van der Waals surface area contributed by atoms with Crippen LogP contribution < -0.4 is 11.5 Å². The van der Waals surface area contributed by atoms with Gasteiger partial charge in [0.1, 0.15) is 0 Å². The van der Waals surface area contributed by atoms with Crippen LogP contribution in [0.25, 0.3) is 0 Å². The van der Waals surface area contributed by atoms with Gasteiger partial charge in [0.2, 0.25) is 0 Å². The van der Waals surface area contributed by atoms with Crippen molar-refractivity contribution in [3.63, 3.8) is 0 Å². The largest absolute Gasteiger partial charge is 0.330 e. The van der Waals surface area contributed by atoms with E-state index in [9.17, 15) is 0 Å². The minimum Gasteiger partial charge on any atom is -0.330 e. The zero-order valence-corrected chi connectivity index (χ0v) is 10.1. The molecule has 0 amide bonds. The van der Waals surface area contributed by atoms with Crippen LogP contribution in [0, 0.1) is 5.92 Å². The summed E-state index contributed by atoms with van der Waals surface area (Å²) in [4.78, 5) is 2.61. The highest BCUT2D eigenvalue weighted by Crippen LogP contribution is 2.28. The SMILES string of the molecule is CC1CCC(N(CCCN)CCCN)C1. The Labute approximate surface area is 94.2 Å². The Morgan fingerprint density at radius 3 is 2.07 bits per heavy atom. The Hall–Kier alpha value is -0.120. The maximum Gasteiger partial charge on any atom is 0.00979 e. The van der Waals surface area contributed by atoms with Gasteiger partial charge in [0.25, 0.3) is 0 Å². The molecule has 1 aliphatic carbocycles. The lowest BCUT2D eigenvalue weighted by molar-refractivity contribution is 0.193. The topological polar surface area (TPSA) is 55.3 Å². The fourth-order valence-corrected chi connectivity index (χ4v) is 2.57. The molecule has 90 valence electrons. The van der Waals surface area contributed by atoms with E-state index in [1.54, 1.807) is 0 Å². The zero-order valence-electron chi connectivity index (χ0n) is 10.1. The summed E-state index contributed by atoms with van der Waals surface area (Å²) in [5.74, 6) is 0.910. The molecule has 0 bridgehead atoms. The molecule has 0 radical (unpaired) electrons. The molecule has 0 heterocycles. The lowest BCUT2D eigenvalue weighted by Crippen LogP contribution is -2.36. The Morgan fingerprint density at radius 1 is 1.07 bits per heavy atom. The highest BCUT2D eigenvalue weighted by Gasteiger charge is 2.25. The van der Waals surface area contributed by atoms with Gasteiger partial charge in [-0.3, -0.25) is 0 Å². The van der Waals surface area contributed by atoms with Crippen LogP contribution in [0.3, 0.4) is 0 Å². The molecule has 0 aromatic carbocycles. The quantitative estimate of drug-likeness (QED) is 0.667. The summed E-state index contributed by atoms with van der Waals surface area (Å²) in [5, 5.41) is 0. The van der Waals surface area contributed by atoms with Crippen LogP contribution in [-0.2, 0) is 0 Å². The van der Waals surface area contributed by atoms with Gasteiger partial charge in [0.15, 0.2) is 0 Å². The van der Waals surface area contributed by atoms with E-state index in [1.807, 2.05) is 0 Å². The van der Waals surface area contributed by atoms with Crippen molar-refractivity contribution in [3.8, 4) is 0 Å². The third-order valence-corrected chi connectivity index (χ3v) is 3.48. The van der Waals surface area contributed by atoms with Gasteiger partial charge in [-0.15, -0.1) is 0 Å². The fourth-order valence-electron chi connectivity index (χ4n) is 2.57. The second-order valence-electron chi connectivity index (χ2n) is 4.89. The average molecular weight is 213 g/mol. The molecule has 3 heteroatoms. The third kappa shape index (κ3) is 4.49. The van der Waals surface area contributed by atoms with E-state index < -0.39 is 0 Å². The van der Waals surface area contributed by atoms with Gasteiger partial charge in [0.05, 0.1) is 0 Å². The molecule has 3 nitrogen and oxygen atoms in total. The summed E-state index contributed by atoms with van der Waals surface area (Å²) in [6.45, 7) is 6.30. The van der Waals surface area contributed by atoms with Crippen LogP contribution in [0.2, 0.25) is 0 Å². The van der Waals surface area contributed by atoms with Crippen LogP contribution in [0.1, 0.15) is 39.0 Å². The second-order valence-corrected chi connectivity index (χ2v) is 4.89. The molecular weight excluding hydrogens is 186 g/mol. The molecule has 0 aliphatic heterocycles. The molecule has 1 fully saturated rings. The fraction of sp³-hybridized carbons (Fsp3) is 1.00. The van der Waals surface area contributed by atoms with Crippen LogP contribution in [-0.4, -0.2) is 37.1 Å². The molecule has 2 atom stereocenters. The number of hydrogen-bond donors (Lipinski definition) is 2. The molecule has 1 saturated carbocycles. The van der Waals surface area contributed by atoms with E-state index in [0.29, 0.717) is 0 Å². The van der Waals surface area contributed by atoms with Gasteiger partial charge in [-0.05, 0) is 64.2 Å². The van der Waals surface area contributed by atoms with Crippen LogP contribution >= 0.6 is 0 Å². The van der Waals surface area contributed by atoms with Gasteiger partial charge < -0.3 is 16.4 Å². The normalized spacial score (nSPS) is 26.4. The van der Waals surface area contributed by atoms with Crippen molar-refractivity contribution in [2.24, 2.45) is 17.4 Å². The molecule has 2 unspecified atom stereocenters. The summed E-state index contributed by atoms with van der Waals surface area (Å²) < 4.78 is 0. The van der Waals surface area contributed by atoms with Crippen molar-refractivity contribution in [1.29, 1.82) is 0 Å². The van der Waals surface area contributed by atoms with Crippen LogP contribution in [0.4, 0.5) is 0 Å². The van der Waals surface area contributed by atoms with Gasteiger partial charge in [-0.1, -0.05) is 6.92 Å². The smallest absolute Gasteiger partial charge is 0.00979 e. The molecule has 0 aromatic heterocycles. The van der Waals surface area contributed by atoms with E-state index in [2.05, 4.69) is 11.8 Å². The molecule has 0 spiro atoms. The molecular formula is C12H27N3. The second kappa shape index (κ2) is 7.20. The minimum absolute atomic E-state index is 0.804. The van der Waals surface area contributed by atoms with E-state index in [1.165, 1.54) is 19.3 Å². The summed E-state index contributed by atoms with van der Waals surface area (Å²) in [5.41, 5.74) is 11.2. The predicted molar refractivity (Wildman–Crippen MR) is 65.7 cm³/mol. The van der Waals surface area contributed by atoms with Crippen LogP contribution in [0.15, 0.2) is 0 Å². The first kappa shape index (κ1) is 12.9. The van der Waals surface area contributed by atoms with E-state index in [0.717, 1.165) is 51.0 Å². The van der Waals surface area contributed by atoms with Crippen molar-refractivity contribution >= 4 is 0 Å². The predicted octanol–water partition coefficient (Wildman–Crippen LogP) is 1.17. The van der Waals surface area contributed by atoms with Gasteiger partial charge in [-0.2, -0.15) is 0 Å². The monoisotopic (exact) mass is 213 g/mol. The van der Waals surface area contributed by atoms with Gasteiger partial charge in [-0.25, -0.2) is 0 Å². The number of hydrogen-bond acceptors (Lipinski definition) is 3. The highest BCUT2D eigenvalue weighted by atomic mass is 15.2. The molecule has 0 saturated heterocycles. The lowest BCUT2D eigenvalue weighted by Gasteiger charge is -2.28. The summed E-state index contributed by atoms with van der Waals surface area (Å²) in [6.07, 6.45) is 6.38. The minimum atomic E-state index is 0.804. The van der Waals surface area contributed by atoms with E-state index in [-0.39, 0.29) is 0 Å². The maximum absolute atomic E-state index is 5.58. The Kier molecular flexibility index (Phi) is 6.22. The maximum atomic E-state index is 5.58. The average Bonchev–Trinajstić information content (AvgIpc) is 2.65. The first-order valence-electron chi connectivity index (χ1n) is 6.42. The van der Waals surface area contributed by atoms with Crippen molar-refractivity contribution in [2.45, 2.75) is 45.1 Å². The molecule has 15 heavy (non-hydrogen) atoms. The number of nitrogens with zero attached hydrogens (tertiary/aromatic N) is 1. The van der Waals surface area contributed by atoms with Crippen LogP contribution in [0.5, 0.6) is 0 Å². The number of nitrogens with two attached hydrogens (primary N) is 2. The van der Waals surface area contributed by atoms with Gasteiger partial charge in [0, 0.05) is 6.04 Å². The molecule has 0 aromatic rings. The molecule has 1 aliphatic rings. The summed E-state index contributed by atoms with van der Waals surface area (Å²) in [7, 11) is 0. The first-order chi connectivity index (χ1) is 7.27. The standard InChI is InChI=1S/C12H27N3/c1-11-4-5-12(10-11)15(8-2-6-13)9-3-7-14/h11-12H,2-10,13-14H2,1H3.